The summed E-state index contributed by atoms with van der Waals surface area (Å²) < 4.78 is 5.74. The molecule has 0 aliphatic heterocycles. The summed E-state index contributed by atoms with van der Waals surface area (Å²) in [5.74, 6) is 0.753. The zero-order valence-corrected chi connectivity index (χ0v) is 10.1. The van der Waals surface area contributed by atoms with Crippen molar-refractivity contribution in [2.24, 2.45) is 5.73 Å². The molecule has 0 atom stereocenters. The third-order valence-corrected chi connectivity index (χ3v) is 2.60. The van der Waals surface area contributed by atoms with Crippen LogP contribution in [-0.2, 0) is 11.2 Å². The maximum atomic E-state index is 11.4. The van der Waals surface area contributed by atoms with Gasteiger partial charge < -0.3 is 10.5 Å². The predicted octanol–water partition coefficient (Wildman–Crippen LogP) is 1.93. The van der Waals surface area contributed by atoms with Gasteiger partial charge in [0.05, 0.1) is 0 Å². The van der Waals surface area contributed by atoms with Crippen molar-refractivity contribution in [2.75, 3.05) is 6.54 Å². The lowest BCUT2D eigenvalue weighted by Gasteiger charge is -2.24. The van der Waals surface area contributed by atoms with E-state index in [1.165, 1.54) is 6.92 Å². The number of ether oxygens (including phenoxy) is 1. The number of benzene rings is 1. The van der Waals surface area contributed by atoms with Gasteiger partial charge in [-0.25, -0.2) is 0 Å². The van der Waals surface area contributed by atoms with Gasteiger partial charge in [0.2, 0.25) is 0 Å². The normalized spacial score (nSPS) is 11.2. The Hall–Kier alpha value is -1.35. The molecule has 3 nitrogen and oxygen atoms in total. The average molecular weight is 221 g/mol. The second kappa shape index (κ2) is 5.12. The van der Waals surface area contributed by atoms with Crippen LogP contribution in [0.2, 0.25) is 0 Å². The molecule has 3 heteroatoms. The van der Waals surface area contributed by atoms with Crippen molar-refractivity contribution in [3.05, 3.63) is 29.8 Å². The minimum absolute atomic E-state index is 0.00931. The Balaban J connectivity index is 2.92. The maximum Gasteiger partial charge on any atom is 0.172 e. The molecule has 0 amide bonds. The molecule has 0 radical (unpaired) electrons. The number of hydrogen-bond donors (Lipinski definition) is 1. The first-order chi connectivity index (χ1) is 7.47. The fourth-order valence-electron chi connectivity index (χ4n) is 1.31. The number of Topliss-reactive ketones (excluding diaryl/α,β-unsaturated/α-hetero) is 1. The van der Waals surface area contributed by atoms with E-state index in [4.69, 9.17) is 10.5 Å². The van der Waals surface area contributed by atoms with E-state index < -0.39 is 5.60 Å². The molecule has 0 saturated heterocycles. The first-order valence-corrected chi connectivity index (χ1v) is 5.45. The number of nitrogens with two attached hydrogens (primary N) is 1. The van der Waals surface area contributed by atoms with Crippen LogP contribution in [0.25, 0.3) is 0 Å². The highest BCUT2D eigenvalue weighted by atomic mass is 16.5. The number of ketones is 1. The van der Waals surface area contributed by atoms with Gasteiger partial charge in [-0.15, -0.1) is 0 Å². The van der Waals surface area contributed by atoms with E-state index in [9.17, 15) is 4.79 Å². The van der Waals surface area contributed by atoms with Crippen LogP contribution in [0.3, 0.4) is 0 Å². The van der Waals surface area contributed by atoms with E-state index in [1.54, 1.807) is 13.8 Å². The van der Waals surface area contributed by atoms with Gasteiger partial charge in [-0.1, -0.05) is 18.2 Å². The fraction of sp³-hybridized carbons (Fsp3) is 0.462. The van der Waals surface area contributed by atoms with Crippen molar-refractivity contribution >= 4 is 5.78 Å². The summed E-state index contributed by atoms with van der Waals surface area (Å²) in [5.41, 5.74) is 5.78. The molecule has 16 heavy (non-hydrogen) atoms. The quantitative estimate of drug-likeness (QED) is 0.826. The molecule has 0 saturated carbocycles. The molecule has 0 aromatic heterocycles. The number of para-hydroxylation sites is 1. The summed E-state index contributed by atoms with van der Waals surface area (Å²) in [7, 11) is 0. The van der Waals surface area contributed by atoms with Crippen LogP contribution < -0.4 is 10.5 Å². The minimum Gasteiger partial charge on any atom is -0.480 e. The molecule has 1 aromatic carbocycles. The maximum absolute atomic E-state index is 11.4. The smallest absolute Gasteiger partial charge is 0.172 e. The molecule has 0 unspecified atom stereocenters. The lowest BCUT2D eigenvalue weighted by atomic mass is 10.0. The van der Waals surface area contributed by atoms with Gasteiger partial charge in [0, 0.05) is 0 Å². The lowest BCUT2D eigenvalue weighted by molar-refractivity contribution is -0.129. The van der Waals surface area contributed by atoms with Gasteiger partial charge in [0.15, 0.2) is 11.4 Å². The highest BCUT2D eigenvalue weighted by molar-refractivity contribution is 5.84. The molecule has 0 aliphatic rings. The summed E-state index contributed by atoms with van der Waals surface area (Å²) >= 11 is 0. The minimum atomic E-state index is -0.787. The summed E-state index contributed by atoms with van der Waals surface area (Å²) in [6.07, 6.45) is 0.754. The number of carbonyl (C=O) groups excluding carboxylic acids is 1. The molecule has 0 fully saturated rings. The Bertz CT molecular complexity index is 372. The molecule has 0 bridgehead atoms. The van der Waals surface area contributed by atoms with E-state index in [0.717, 1.165) is 17.7 Å². The molecule has 1 rings (SSSR count). The molecular weight excluding hydrogens is 202 g/mol. The van der Waals surface area contributed by atoms with Gasteiger partial charge >= 0.3 is 0 Å². The van der Waals surface area contributed by atoms with Crippen molar-refractivity contribution in [3.8, 4) is 5.75 Å². The van der Waals surface area contributed by atoms with Crippen LogP contribution in [0.5, 0.6) is 5.75 Å². The van der Waals surface area contributed by atoms with E-state index >= 15 is 0 Å². The standard InChI is InChI=1S/C13H19NO2/c1-10(15)13(2,3)16-12-7-5-4-6-11(12)8-9-14/h4-7H,8-9,14H2,1-3H3. The fourth-order valence-corrected chi connectivity index (χ4v) is 1.31. The van der Waals surface area contributed by atoms with Crippen molar-refractivity contribution in [2.45, 2.75) is 32.8 Å². The van der Waals surface area contributed by atoms with Crippen LogP contribution in [0.1, 0.15) is 26.3 Å². The summed E-state index contributed by atoms with van der Waals surface area (Å²) in [6.45, 7) is 5.65. The van der Waals surface area contributed by atoms with Gasteiger partial charge in [0.1, 0.15) is 5.75 Å². The topological polar surface area (TPSA) is 52.3 Å². The molecular formula is C13H19NO2. The molecule has 88 valence electrons. The average Bonchev–Trinajstić information content (AvgIpc) is 2.20. The number of rotatable bonds is 5. The number of hydrogen-bond acceptors (Lipinski definition) is 3. The Morgan fingerprint density at radius 1 is 1.38 bits per heavy atom. The third kappa shape index (κ3) is 3.07. The zero-order valence-electron chi connectivity index (χ0n) is 10.1. The van der Waals surface area contributed by atoms with Crippen LogP contribution in [-0.4, -0.2) is 17.9 Å². The second-order valence-electron chi connectivity index (χ2n) is 4.31. The Kier molecular flexibility index (Phi) is 4.07. The monoisotopic (exact) mass is 221 g/mol. The van der Waals surface area contributed by atoms with Gasteiger partial charge in [-0.2, -0.15) is 0 Å². The lowest BCUT2D eigenvalue weighted by Crippen LogP contribution is -2.36. The second-order valence-corrected chi connectivity index (χ2v) is 4.31. The van der Waals surface area contributed by atoms with E-state index in [-0.39, 0.29) is 5.78 Å². The van der Waals surface area contributed by atoms with Gasteiger partial charge in [0.25, 0.3) is 0 Å². The molecule has 0 spiro atoms. The van der Waals surface area contributed by atoms with Gasteiger partial charge in [-0.3, -0.25) is 4.79 Å². The molecule has 0 heterocycles. The van der Waals surface area contributed by atoms with Crippen molar-refractivity contribution in [1.82, 2.24) is 0 Å². The highest BCUT2D eigenvalue weighted by Gasteiger charge is 2.26. The molecule has 1 aromatic rings. The highest BCUT2D eigenvalue weighted by Crippen LogP contribution is 2.23. The SMILES string of the molecule is CC(=O)C(C)(C)Oc1ccccc1CCN. The van der Waals surface area contributed by atoms with Crippen LogP contribution in [0.15, 0.2) is 24.3 Å². The first-order valence-electron chi connectivity index (χ1n) is 5.45. The Labute approximate surface area is 96.6 Å². The first kappa shape index (κ1) is 12.7. The summed E-state index contributed by atoms with van der Waals surface area (Å²) in [6, 6.07) is 7.68. The molecule has 0 aliphatic carbocycles. The largest absolute Gasteiger partial charge is 0.480 e. The predicted molar refractivity (Wildman–Crippen MR) is 64.6 cm³/mol. The Morgan fingerprint density at radius 3 is 2.56 bits per heavy atom. The van der Waals surface area contributed by atoms with E-state index in [1.807, 2.05) is 24.3 Å². The van der Waals surface area contributed by atoms with E-state index in [2.05, 4.69) is 0 Å². The van der Waals surface area contributed by atoms with E-state index in [0.29, 0.717) is 6.54 Å². The summed E-state index contributed by atoms with van der Waals surface area (Å²) in [4.78, 5) is 11.4. The van der Waals surface area contributed by atoms with Crippen LogP contribution in [0.4, 0.5) is 0 Å². The summed E-state index contributed by atoms with van der Waals surface area (Å²) in [5, 5.41) is 0. The zero-order chi connectivity index (χ0) is 12.2. The van der Waals surface area contributed by atoms with Crippen molar-refractivity contribution in [3.63, 3.8) is 0 Å². The van der Waals surface area contributed by atoms with Gasteiger partial charge in [-0.05, 0) is 45.4 Å². The third-order valence-electron chi connectivity index (χ3n) is 2.60. The van der Waals surface area contributed by atoms with Crippen LogP contribution >= 0.6 is 0 Å². The number of carbonyl (C=O) groups is 1. The Morgan fingerprint density at radius 2 is 2.00 bits per heavy atom. The van der Waals surface area contributed by atoms with Crippen LogP contribution in [0, 0.1) is 0 Å². The van der Waals surface area contributed by atoms with Crippen molar-refractivity contribution < 1.29 is 9.53 Å². The molecule has 2 N–H and O–H groups in total. The van der Waals surface area contributed by atoms with Crippen molar-refractivity contribution in [1.29, 1.82) is 0 Å².